The lowest BCUT2D eigenvalue weighted by Crippen LogP contribution is -2.53. The van der Waals surface area contributed by atoms with Crippen molar-refractivity contribution in [2.24, 2.45) is 9.98 Å². The predicted molar refractivity (Wildman–Crippen MR) is 136 cm³/mol. The van der Waals surface area contributed by atoms with Gasteiger partial charge in [0.1, 0.15) is 11.7 Å². The van der Waals surface area contributed by atoms with Gasteiger partial charge in [0, 0.05) is 35.3 Å². The second kappa shape index (κ2) is 11.8. The molecule has 2 radical (unpaired) electrons. The number of hydrogen-bond acceptors (Lipinski definition) is 2. The molecule has 0 aliphatic carbocycles. The number of amidine groups is 2. The molecule has 0 aliphatic heterocycles. The van der Waals surface area contributed by atoms with Gasteiger partial charge in [-0.3, -0.25) is 9.98 Å². The van der Waals surface area contributed by atoms with Gasteiger partial charge in [-0.1, -0.05) is 60.7 Å². The highest BCUT2D eigenvalue weighted by Gasteiger charge is 2.27. The van der Waals surface area contributed by atoms with Crippen molar-refractivity contribution in [1.29, 1.82) is 0 Å². The third kappa shape index (κ3) is 7.35. The van der Waals surface area contributed by atoms with Crippen LogP contribution in [0.25, 0.3) is 0 Å². The highest BCUT2D eigenvalue weighted by Crippen LogP contribution is 2.16. The Kier molecular flexibility index (Phi) is 9.50. The van der Waals surface area contributed by atoms with Gasteiger partial charge in [0.2, 0.25) is 0 Å². The van der Waals surface area contributed by atoms with Gasteiger partial charge in [-0.25, -0.2) is 0 Å². The smallest absolute Gasteiger partial charge is 0.335 e. The summed E-state index contributed by atoms with van der Waals surface area (Å²) in [6.07, 6.45) is 0. The van der Waals surface area contributed by atoms with Crippen LogP contribution in [0.2, 0.25) is 0 Å². The van der Waals surface area contributed by atoms with Crippen LogP contribution < -0.4 is 0 Å². The minimum atomic E-state index is 0.215. The quantitative estimate of drug-likeness (QED) is 0.305. The lowest BCUT2D eigenvalue weighted by atomic mass is 10.2. The molecule has 0 heterocycles. The van der Waals surface area contributed by atoms with Crippen molar-refractivity contribution < 1.29 is 0 Å². The Morgan fingerprint density at radius 1 is 0.581 bits per heavy atom. The Morgan fingerprint density at radius 2 is 0.903 bits per heavy atom. The molecule has 0 saturated carbocycles. The van der Waals surface area contributed by atoms with E-state index in [9.17, 15) is 0 Å². The third-order valence-corrected chi connectivity index (χ3v) is 6.42. The molecular weight excluding hydrogens is 396 g/mol. The van der Waals surface area contributed by atoms with Gasteiger partial charge in [-0.15, -0.1) is 0 Å². The standard InChI is InChI=1S/C26H38N4Si/c1-19(2)27-25(23-15-11-9-12-16-23)29(21(5)6)31-30(22(7)8)26(28-20(3)4)24-17-13-10-14-18-24/h9-22H,1-8H3. The fraction of sp³-hybridized carbons (Fsp3) is 0.462. The maximum atomic E-state index is 5.06. The zero-order valence-electron chi connectivity index (χ0n) is 20.4. The summed E-state index contributed by atoms with van der Waals surface area (Å²) < 4.78 is 4.85. The van der Waals surface area contributed by atoms with E-state index in [0.29, 0.717) is 21.9 Å². The molecule has 2 rings (SSSR count). The van der Waals surface area contributed by atoms with Crippen LogP contribution in [0.5, 0.6) is 0 Å². The van der Waals surface area contributed by atoms with Crippen LogP contribution in [0, 0.1) is 0 Å². The van der Waals surface area contributed by atoms with E-state index >= 15 is 0 Å². The molecule has 0 spiro atoms. The van der Waals surface area contributed by atoms with Crippen molar-refractivity contribution in [1.82, 2.24) is 9.13 Å². The molecule has 2 aromatic carbocycles. The summed E-state index contributed by atoms with van der Waals surface area (Å²) in [7, 11) is 0.391. The normalized spacial score (nSPS) is 12.9. The first-order valence-electron chi connectivity index (χ1n) is 11.3. The van der Waals surface area contributed by atoms with E-state index in [-0.39, 0.29) is 12.1 Å². The fourth-order valence-corrected chi connectivity index (χ4v) is 4.40. The first-order valence-corrected chi connectivity index (χ1v) is 12.2. The van der Waals surface area contributed by atoms with E-state index in [1.54, 1.807) is 0 Å². The number of hydrogen-bond donors (Lipinski definition) is 0. The zero-order valence-corrected chi connectivity index (χ0v) is 21.4. The molecule has 166 valence electrons. The monoisotopic (exact) mass is 434 g/mol. The van der Waals surface area contributed by atoms with Crippen molar-refractivity contribution in [3.63, 3.8) is 0 Å². The molecule has 0 fully saturated rings. The zero-order chi connectivity index (χ0) is 23.0. The first-order chi connectivity index (χ1) is 14.7. The van der Waals surface area contributed by atoms with Crippen molar-refractivity contribution in [2.75, 3.05) is 0 Å². The second-order valence-corrected chi connectivity index (χ2v) is 10.0. The van der Waals surface area contributed by atoms with Gasteiger partial charge in [0.25, 0.3) is 0 Å². The molecule has 0 aliphatic rings. The molecule has 0 aromatic heterocycles. The van der Waals surface area contributed by atoms with Crippen LogP contribution in [0.15, 0.2) is 70.6 Å². The number of nitrogens with zero attached hydrogens (tertiary/aromatic N) is 4. The minimum absolute atomic E-state index is 0.215. The SMILES string of the molecule is CC(C)N=C(c1ccccc1)N([Si]N(C(=NC(C)C)c1ccccc1)C(C)C)C(C)C. The third-order valence-electron chi connectivity index (χ3n) is 4.53. The second-order valence-electron chi connectivity index (χ2n) is 8.85. The van der Waals surface area contributed by atoms with Gasteiger partial charge in [0.05, 0.1) is 0 Å². The Bertz CT molecular complexity index is 771. The fourth-order valence-electron chi connectivity index (χ4n) is 3.15. The highest BCUT2D eigenvalue weighted by molar-refractivity contribution is 6.41. The van der Waals surface area contributed by atoms with Crippen LogP contribution >= 0.6 is 0 Å². The van der Waals surface area contributed by atoms with Gasteiger partial charge in [0.15, 0.2) is 0 Å². The summed E-state index contributed by atoms with van der Waals surface area (Å²) in [6.45, 7) is 17.5. The number of benzene rings is 2. The number of rotatable bonds is 8. The van der Waals surface area contributed by atoms with Crippen LogP contribution in [0.4, 0.5) is 0 Å². The van der Waals surface area contributed by atoms with E-state index in [4.69, 9.17) is 9.98 Å². The van der Waals surface area contributed by atoms with E-state index < -0.39 is 0 Å². The van der Waals surface area contributed by atoms with Crippen molar-refractivity contribution >= 4 is 21.5 Å². The van der Waals surface area contributed by atoms with Crippen molar-refractivity contribution in [2.45, 2.75) is 79.6 Å². The average Bonchev–Trinajstić information content (AvgIpc) is 2.72. The molecule has 5 heteroatoms. The van der Waals surface area contributed by atoms with E-state index in [2.05, 4.69) is 125 Å². The van der Waals surface area contributed by atoms with Crippen molar-refractivity contribution in [3.8, 4) is 0 Å². The maximum Gasteiger partial charge on any atom is 0.335 e. The van der Waals surface area contributed by atoms with Gasteiger partial charge < -0.3 is 9.13 Å². The molecule has 2 aromatic rings. The number of aliphatic imine (C=N–C) groups is 2. The largest absolute Gasteiger partial charge is 0.362 e. The van der Waals surface area contributed by atoms with E-state index in [0.717, 1.165) is 22.8 Å². The van der Waals surface area contributed by atoms with Crippen LogP contribution in [0.3, 0.4) is 0 Å². The Labute approximate surface area is 192 Å². The van der Waals surface area contributed by atoms with Gasteiger partial charge in [-0.2, -0.15) is 0 Å². The maximum absolute atomic E-state index is 5.06. The molecule has 0 N–H and O–H groups in total. The predicted octanol–water partition coefficient (Wildman–Crippen LogP) is 5.65. The van der Waals surface area contributed by atoms with Gasteiger partial charge in [-0.05, 0) is 55.4 Å². The van der Waals surface area contributed by atoms with Crippen LogP contribution in [-0.2, 0) is 0 Å². The summed E-state index contributed by atoms with van der Waals surface area (Å²) in [6, 6.07) is 22.1. The molecule has 0 unspecified atom stereocenters. The Morgan fingerprint density at radius 3 is 1.16 bits per heavy atom. The topological polar surface area (TPSA) is 31.2 Å². The average molecular weight is 435 g/mol. The van der Waals surface area contributed by atoms with Crippen LogP contribution in [-0.4, -0.2) is 54.8 Å². The van der Waals surface area contributed by atoms with E-state index in [1.165, 1.54) is 0 Å². The molecule has 0 atom stereocenters. The summed E-state index contributed by atoms with van der Waals surface area (Å²) >= 11 is 0. The summed E-state index contributed by atoms with van der Waals surface area (Å²) in [4.78, 5) is 10.1. The summed E-state index contributed by atoms with van der Waals surface area (Å²) in [5.74, 6) is 2.10. The Hall–Kier alpha value is -2.40. The molecule has 0 amide bonds. The molecule has 4 nitrogen and oxygen atoms in total. The summed E-state index contributed by atoms with van der Waals surface area (Å²) in [5.41, 5.74) is 2.31. The molecular formula is C26H38N4Si. The minimum Gasteiger partial charge on any atom is -0.362 e. The van der Waals surface area contributed by atoms with Gasteiger partial charge >= 0.3 is 9.84 Å². The summed E-state index contributed by atoms with van der Waals surface area (Å²) in [5, 5.41) is 0. The first kappa shape index (κ1) is 24.9. The lowest BCUT2D eigenvalue weighted by Gasteiger charge is -2.38. The molecule has 0 bridgehead atoms. The highest BCUT2D eigenvalue weighted by atomic mass is 28.2. The van der Waals surface area contributed by atoms with Crippen molar-refractivity contribution in [3.05, 3.63) is 71.8 Å². The molecule has 31 heavy (non-hydrogen) atoms. The van der Waals surface area contributed by atoms with Crippen LogP contribution in [0.1, 0.15) is 66.5 Å². The Balaban J connectivity index is 2.54. The lowest BCUT2D eigenvalue weighted by molar-refractivity contribution is 0.442. The molecule has 0 saturated heterocycles. The van der Waals surface area contributed by atoms with E-state index in [1.807, 2.05) is 0 Å².